The van der Waals surface area contributed by atoms with Crippen LogP contribution in [0.15, 0.2) is 59.5 Å². The maximum Gasteiger partial charge on any atom is 0.258 e. The third kappa shape index (κ3) is 3.63. The second kappa shape index (κ2) is 7.70. The number of para-hydroxylation sites is 1. The summed E-state index contributed by atoms with van der Waals surface area (Å²) in [6.45, 7) is 5.48. The largest absolute Gasteiger partial charge is 0.309 e. The zero-order valence-corrected chi connectivity index (χ0v) is 16.6. The molecule has 0 bridgehead atoms. The Labute approximate surface area is 168 Å². The number of fused-ring (bicyclic) bond motifs is 2. The van der Waals surface area contributed by atoms with Crippen molar-refractivity contribution in [1.29, 1.82) is 0 Å². The Morgan fingerprint density at radius 2 is 1.82 bits per heavy atom. The molecule has 4 rings (SSSR count). The topological polar surface area (TPSA) is 61.9 Å². The third-order valence-corrected chi connectivity index (χ3v) is 5.25. The van der Waals surface area contributed by atoms with E-state index in [1.807, 2.05) is 42.5 Å². The fraction of sp³-hybridized carbons (Fsp3) is 0.227. The molecule has 0 atom stereocenters. The molecule has 6 heteroatoms. The number of rotatable bonds is 5. The number of H-pyrrole nitrogens is 1. The molecule has 0 unspecified atom stereocenters. The minimum atomic E-state index is -0.108. The van der Waals surface area contributed by atoms with E-state index < -0.39 is 0 Å². The van der Waals surface area contributed by atoms with Crippen LogP contribution in [0.1, 0.15) is 25.2 Å². The van der Waals surface area contributed by atoms with Gasteiger partial charge in [-0.3, -0.25) is 14.7 Å². The van der Waals surface area contributed by atoms with Crippen molar-refractivity contribution in [2.24, 2.45) is 0 Å². The van der Waals surface area contributed by atoms with Crippen molar-refractivity contribution in [3.05, 3.63) is 81.5 Å². The molecule has 4 aromatic rings. The smallest absolute Gasteiger partial charge is 0.258 e. The zero-order valence-electron chi connectivity index (χ0n) is 15.8. The van der Waals surface area contributed by atoms with Gasteiger partial charge in [0.1, 0.15) is 5.82 Å². The van der Waals surface area contributed by atoms with Crippen molar-refractivity contribution in [1.82, 2.24) is 19.9 Å². The van der Waals surface area contributed by atoms with Crippen molar-refractivity contribution in [3.63, 3.8) is 0 Å². The number of hydrogen-bond acceptors (Lipinski definition) is 4. The summed E-state index contributed by atoms with van der Waals surface area (Å²) in [5, 5.41) is 2.25. The Kier molecular flexibility index (Phi) is 5.11. The number of hydrogen-bond donors (Lipinski definition) is 1. The normalized spacial score (nSPS) is 11.8. The average Bonchev–Trinajstić information content (AvgIpc) is 2.69. The van der Waals surface area contributed by atoms with E-state index >= 15 is 0 Å². The van der Waals surface area contributed by atoms with E-state index in [0.717, 1.165) is 16.5 Å². The Bertz CT molecular complexity index is 1200. The highest BCUT2D eigenvalue weighted by Gasteiger charge is 2.16. The monoisotopic (exact) mass is 392 g/mol. The van der Waals surface area contributed by atoms with Gasteiger partial charge < -0.3 is 4.98 Å². The number of halogens is 1. The summed E-state index contributed by atoms with van der Waals surface area (Å²) in [7, 11) is 0. The van der Waals surface area contributed by atoms with Crippen molar-refractivity contribution in [2.75, 3.05) is 0 Å². The van der Waals surface area contributed by atoms with Crippen LogP contribution in [0.25, 0.3) is 21.8 Å². The first-order valence-electron chi connectivity index (χ1n) is 9.27. The van der Waals surface area contributed by atoms with Crippen LogP contribution >= 0.6 is 11.6 Å². The number of pyridine rings is 1. The average molecular weight is 393 g/mol. The van der Waals surface area contributed by atoms with Crippen LogP contribution in [-0.4, -0.2) is 25.9 Å². The molecule has 0 amide bonds. The molecule has 0 radical (unpaired) electrons. The lowest BCUT2D eigenvalue weighted by Crippen LogP contribution is -2.31. The minimum Gasteiger partial charge on any atom is -0.309 e. The van der Waals surface area contributed by atoms with Gasteiger partial charge in [0.2, 0.25) is 0 Å². The van der Waals surface area contributed by atoms with E-state index in [9.17, 15) is 4.79 Å². The molecule has 142 valence electrons. The molecule has 2 aromatic heterocycles. The zero-order chi connectivity index (χ0) is 19.7. The van der Waals surface area contributed by atoms with E-state index in [0.29, 0.717) is 34.8 Å². The first kappa shape index (κ1) is 18.6. The predicted molar refractivity (Wildman–Crippen MR) is 113 cm³/mol. The van der Waals surface area contributed by atoms with Crippen LogP contribution in [0.5, 0.6) is 0 Å². The summed E-state index contributed by atoms with van der Waals surface area (Å²) in [4.78, 5) is 26.7. The molecule has 5 nitrogen and oxygen atoms in total. The second-order valence-corrected chi connectivity index (χ2v) is 7.54. The Morgan fingerprint density at radius 1 is 1.04 bits per heavy atom. The number of nitrogens with zero attached hydrogens (tertiary/aromatic N) is 3. The second-order valence-electron chi connectivity index (χ2n) is 7.13. The standard InChI is InChI=1S/C22H21ClN4O/c1-14(2)27(12-15-9-10-18(23)16-7-5-11-24-21(15)16)13-20-25-19-8-4-3-6-17(19)22(28)26-20/h3-11,14H,12-13H2,1-2H3,(H,25,26,28). The third-order valence-electron chi connectivity index (χ3n) is 4.92. The summed E-state index contributed by atoms with van der Waals surface area (Å²) < 4.78 is 0. The van der Waals surface area contributed by atoms with Gasteiger partial charge in [-0.1, -0.05) is 29.8 Å². The van der Waals surface area contributed by atoms with Crippen molar-refractivity contribution < 1.29 is 0 Å². The number of nitrogens with one attached hydrogen (secondary N) is 1. The summed E-state index contributed by atoms with van der Waals surface area (Å²) >= 11 is 6.33. The van der Waals surface area contributed by atoms with Gasteiger partial charge >= 0.3 is 0 Å². The first-order chi connectivity index (χ1) is 13.5. The fourth-order valence-electron chi connectivity index (χ4n) is 3.37. The first-order valence-corrected chi connectivity index (χ1v) is 9.65. The molecule has 0 fully saturated rings. The van der Waals surface area contributed by atoms with Gasteiger partial charge in [0.15, 0.2) is 0 Å². The molecular weight excluding hydrogens is 372 g/mol. The van der Waals surface area contributed by atoms with Gasteiger partial charge in [-0.25, -0.2) is 4.98 Å². The van der Waals surface area contributed by atoms with Gasteiger partial charge in [0.05, 0.1) is 23.0 Å². The van der Waals surface area contributed by atoms with Gasteiger partial charge in [0.25, 0.3) is 5.56 Å². The lowest BCUT2D eigenvalue weighted by Gasteiger charge is -2.26. The van der Waals surface area contributed by atoms with E-state index in [2.05, 4.69) is 33.7 Å². The molecule has 0 spiro atoms. The summed E-state index contributed by atoms with van der Waals surface area (Å²) in [6, 6.07) is 15.5. The van der Waals surface area contributed by atoms with Crippen LogP contribution in [0.3, 0.4) is 0 Å². The summed E-state index contributed by atoms with van der Waals surface area (Å²) in [6.07, 6.45) is 1.78. The highest BCUT2D eigenvalue weighted by molar-refractivity contribution is 6.35. The minimum absolute atomic E-state index is 0.108. The highest BCUT2D eigenvalue weighted by Crippen LogP contribution is 2.26. The molecule has 0 aliphatic heterocycles. The molecule has 28 heavy (non-hydrogen) atoms. The Hall–Kier alpha value is -2.76. The van der Waals surface area contributed by atoms with Crippen LogP contribution in [0.4, 0.5) is 0 Å². The van der Waals surface area contributed by atoms with E-state index in [-0.39, 0.29) is 11.6 Å². The van der Waals surface area contributed by atoms with Crippen molar-refractivity contribution in [2.45, 2.75) is 33.0 Å². The molecule has 0 saturated heterocycles. The molecule has 0 saturated carbocycles. The number of aromatic amines is 1. The van der Waals surface area contributed by atoms with Gasteiger partial charge in [-0.05, 0) is 49.7 Å². The maximum atomic E-state index is 12.4. The van der Waals surface area contributed by atoms with Crippen LogP contribution in [0.2, 0.25) is 5.02 Å². The summed E-state index contributed by atoms with van der Waals surface area (Å²) in [5.41, 5.74) is 2.60. The van der Waals surface area contributed by atoms with E-state index in [4.69, 9.17) is 11.6 Å². The lowest BCUT2D eigenvalue weighted by atomic mass is 10.1. The van der Waals surface area contributed by atoms with Crippen LogP contribution in [0, 0.1) is 0 Å². The maximum absolute atomic E-state index is 12.4. The molecule has 1 N–H and O–H groups in total. The highest BCUT2D eigenvalue weighted by atomic mass is 35.5. The molecule has 2 aromatic carbocycles. The van der Waals surface area contributed by atoms with Crippen LogP contribution in [-0.2, 0) is 13.1 Å². The quantitative estimate of drug-likeness (QED) is 0.541. The van der Waals surface area contributed by atoms with Crippen molar-refractivity contribution in [3.8, 4) is 0 Å². The molecule has 0 aliphatic carbocycles. The summed E-state index contributed by atoms with van der Waals surface area (Å²) in [5.74, 6) is 0.656. The van der Waals surface area contributed by atoms with E-state index in [1.165, 1.54) is 0 Å². The Balaban J connectivity index is 1.68. The van der Waals surface area contributed by atoms with Gasteiger partial charge in [-0.2, -0.15) is 0 Å². The molecule has 0 aliphatic rings. The number of aromatic nitrogens is 3. The Morgan fingerprint density at radius 3 is 2.64 bits per heavy atom. The van der Waals surface area contributed by atoms with Gasteiger partial charge in [-0.15, -0.1) is 0 Å². The lowest BCUT2D eigenvalue weighted by molar-refractivity contribution is 0.199. The SMILES string of the molecule is CC(C)N(Cc1nc2ccccc2c(=O)[nH]1)Cc1ccc(Cl)c2cccnc12. The molecular formula is C22H21ClN4O. The van der Waals surface area contributed by atoms with Crippen molar-refractivity contribution >= 4 is 33.4 Å². The molecule has 2 heterocycles. The van der Waals surface area contributed by atoms with Crippen LogP contribution < -0.4 is 5.56 Å². The van der Waals surface area contributed by atoms with E-state index in [1.54, 1.807) is 12.3 Å². The fourth-order valence-corrected chi connectivity index (χ4v) is 3.58. The van der Waals surface area contributed by atoms with Gasteiger partial charge in [0, 0.05) is 29.2 Å². The predicted octanol–water partition coefficient (Wildman–Crippen LogP) is 4.54. The number of benzene rings is 2.